The summed E-state index contributed by atoms with van der Waals surface area (Å²) in [7, 11) is 0. The first-order valence-electron chi connectivity index (χ1n) is 3.28. The van der Waals surface area contributed by atoms with Gasteiger partial charge in [0.2, 0.25) is 0 Å². The molecule has 0 unspecified atom stereocenters. The van der Waals surface area contributed by atoms with Crippen LogP contribution in [0.4, 0.5) is 0 Å². The molecule has 0 fully saturated rings. The minimum Gasteiger partial charge on any atom is -0.392 e. The number of hydrogen-bond donors (Lipinski definition) is 2. The molecule has 0 aliphatic rings. The van der Waals surface area contributed by atoms with Gasteiger partial charge in [0, 0.05) is 0 Å². The lowest BCUT2D eigenvalue weighted by atomic mass is 10.1. The molecule has 0 rings (SSSR count). The third-order valence-electron chi connectivity index (χ3n) is 1.42. The SMILES string of the molecule is CC(=C\CO)/C(C)=C/CO. The summed E-state index contributed by atoms with van der Waals surface area (Å²) in [5, 5.41) is 17.0. The van der Waals surface area contributed by atoms with Crippen LogP contribution in [0.5, 0.6) is 0 Å². The molecule has 0 aromatic carbocycles. The molecule has 2 N–H and O–H groups in total. The van der Waals surface area contributed by atoms with E-state index in [2.05, 4.69) is 0 Å². The molecule has 58 valence electrons. The van der Waals surface area contributed by atoms with Gasteiger partial charge in [-0.2, -0.15) is 0 Å². The Morgan fingerprint density at radius 3 is 1.50 bits per heavy atom. The van der Waals surface area contributed by atoms with E-state index in [1.54, 1.807) is 12.2 Å². The molecule has 0 aliphatic carbocycles. The van der Waals surface area contributed by atoms with Crippen LogP contribution >= 0.6 is 0 Å². The Morgan fingerprint density at radius 1 is 1.00 bits per heavy atom. The Balaban J connectivity index is 4.06. The van der Waals surface area contributed by atoms with Gasteiger partial charge in [0.1, 0.15) is 0 Å². The van der Waals surface area contributed by atoms with Crippen molar-refractivity contribution in [3.8, 4) is 0 Å². The first-order valence-corrected chi connectivity index (χ1v) is 3.28. The molecule has 0 aromatic heterocycles. The van der Waals surface area contributed by atoms with Gasteiger partial charge in [0.05, 0.1) is 13.2 Å². The molecular weight excluding hydrogens is 128 g/mol. The van der Waals surface area contributed by atoms with Gasteiger partial charge in [-0.1, -0.05) is 23.3 Å². The Morgan fingerprint density at radius 2 is 1.30 bits per heavy atom. The van der Waals surface area contributed by atoms with Crippen molar-refractivity contribution >= 4 is 0 Å². The van der Waals surface area contributed by atoms with Crippen LogP contribution in [-0.4, -0.2) is 23.4 Å². The maximum atomic E-state index is 8.49. The van der Waals surface area contributed by atoms with Gasteiger partial charge in [-0.15, -0.1) is 0 Å². The lowest BCUT2D eigenvalue weighted by Gasteiger charge is -1.98. The van der Waals surface area contributed by atoms with E-state index in [-0.39, 0.29) is 13.2 Å². The second kappa shape index (κ2) is 5.21. The Labute approximate surface area is 61.5 Å². The zero-order valence-electron chi connectivity index (χ0n) is 6.46. The van der Waals surface area contributed by atoms with Crippen LogP contribution < -0.4 is 0 Å². The highest BCUT2D eigenvalue weighted by molar-refractivity contribution is 5.26. The van der Waals surface area contributed by atoms with Crippen molar-refractivity contribution in [2.45, 2.75) is 13.8 Å². The molecule has 10 heavy (non-hydrogen) atoms. The largest absolute Gasteiger partial charge is 0.392 e. The lowest BCUT2D eigenvalue weighted by Crippen LogP contribution is -1.85. The van der Waals surface area contributed by atoms with E-state index in [1.807, 2.05) is 13.8 Å². The van der Waals surface area contributed by atoms with Crippen LogP contribution in [0.15, 0.2) is 23.3 Å². The van der Waals surface area contributed by atoms with Gasteiger partial charge < -0.3 is 10.2 Å². The van der Waals surface area contributed by atoms with Crippen molar-refractivity contribution in [1.82, 2.24) is 0 Å². The van der Waals surface area contributed by atoms with Crippen LogP contribution in [-0.2, 0) is 0 Å². The predicted octanol–water partition coefficient (Wildman–Crippen LogP) is 0.864. The summed E-state index contributed by atoms with van der Waals surface area (Å²) in [6.07, 6.45) is 3.42. The molecule has 0 bridgehead atoms. The Bertz CT molecular complexity index is 127. The molecule has 0 atom stereocenters. The number of hydrogen-bond acceptors (Lipinski definition) is 2. The second-order valence-corrected chi connectivity index (χ2v) is 2.14. The van der Waals surface area contributed by atoms with E-state index in [0.29, 0.717) is 0 Å². The minimum absolute atomic E-state index is 0.0580. The summed E-state index contributed by atoms with van der Waals surface area (Å²) in [5.41, 5.74) is 2.02. The maximum absolute atomic E-state index is 8.49. The average molecular weight is 142 g/mol. The highest BCUT2D eigenvalue weighted by Gasteiger charge is 1.89. The summed E-state index contributed by atoms with van der Waals surface area (Å²) in [5.74, 6) is 0. The van der Waals surface area contributed by atoms with Crippen molar-refractivity contribution < 1.29 is 10.2 Å². The molecule has 0 aromatic rings. The van der Waals surface area contributed by atoms with Gasteiger partial charge in [0.15, 0.2) is 0 Å². The van der Waals surface area contributed by atoms with E-state index in [4.69, 9.17) is 10.2 Å². The number of rotatable bonds is 3. The van der Waals surface area contributed by atoms with Gasteiger partial charge in [-0.05, 0) is 13.8 Å². The summed E-state index contributed by atoms with van der Waals surface area (Å²) in [6.45, 7) is 3.92. The molecule has 0 aliphatic heterocycles. The maximum Gasteiger partial charge on any atom is 0.0618 e. The highest BCUT2D eigenvalue weighted by Crippen LogP contribution is 2.05. The summed E-state index contributed by atoms with van der Waals surface area (Å²) in [6, 6.07) is 0. The third-order valence-corrected chi connectivity index (χ3v) is 1.42. The van der Waals surface area contributed by atoms with Crippen LogP contribution in [0.3, 0.4) is 0 Å². The smallest absolute Gasteiger partial charge is 0.0618 e. The predicted molar refractivity (Wildman–Crippen MR) is 41.7 cm³/mol. The summed E-state index contributed by atoms with van der Waals surface area (Å²) < 4.78 is 0. The van der Waals surface area contributed by atoms with Crippen LogP contribution in [0.2, 0.25) is 0 Å². The fourth-order valence-electron chi connectivity index (χ4n) is 0.596. The van der Waals surface area contributed by atoms with Gasteiger partial charge in [-0.25, -0.2) is 0 Å². The highest BCUT2D eigenvalue weighted by atomic mass is 16.3. The van der Waals surface area contributed by atoms with E-state index < -0.39 is 0 Å². The molecule has 0 saturated heterocycles. The lowest BCUT2D eigenvalue weighted by molar-refractivity contribution is 0.340. The molecule has 0 heterocycles. The van der Waals surface area contributed by atoms with Gasteiger partial charge >= 0.3 is 0 Å². The van der Waals surface area contributed by atoms with Crippen molar-refractivity contribution in [2.75, 3.05) is 13.2 Å². The van der Waals surface area contributed by atoms with Crippen molar-refractivity contribution in [2.24, 2.45) is 0 Å². The molecule has 0 saturated carbocycles. The van der Waals surface area contributed by atoms with E-state index >= 15 is 0 Å². The monoisotopic (exact) mass is 142 g/mol. The zero-order valence-corrected chi connectivity index (χ0v) is 6.46. The van der Waals surface area contributed by atoms with Crippen LogP contribution in [0.25, 0.3) is 0 Å². The van der Waals surface area contributed by atoms with E-state index in [9.17, 15) is 0 Å². The fourth-order valence-corrected chi connectivity index (χ4v) is 0.596. The second-order valence-electron chi connectivity index (χ2n) is 2.14. The molecule has 0 amide bonds. The summed E-state index contributed by atoms with van der Waals surface area (Å²) in [4.78, 5) is 0. The Kier molecular flexibility index (Phi) is 4.89. The Hall–Kier alpha value is -0.600. The van der Waals surface area contributed by atoms with E-state index in [0.717, 1.165) is 11.1 Å². The average Bonchev–Trinajstić information content (AvgIpc) is 1.89. The minimum atomic E-state index is 0.0580. The van der Waals surface area contributed by atoms with Crippen LogP contribution in [0.1, 0.15) is 13.8 Å². The van der Waals surface area contributed by atoms with Gasteiger partial charge in [0.25, 0.3) is 0 Å². The van der Waals surface area contributed by atoms with Crippen molar-refractivity contribution in [3.63, 3.8) is 0 Å². The normalized spacial score (nSPS) is 14.0. The molecule has 0 spiro atoms. The van der Waals surface area contributed by atoms with Crippen molar-refractivity contribution in [1.29, 1.82) is 0 Å². The number of aliphatic hydroxyl groups excluding tert-OH is 2. The topological polar surface area (TPSA) is 40.5 Å². The first-order chi connectivity index (χ1) is 4.72. The number of aliphatic hydroxyl groups is 2. The molecule has 2 heteroatoms. The third kappa shape index (κ3) is 3.43. The van der Waals surface area contributed by atoms with Crippen LogP contribution in [0, 0.1) is 0 Å². The summed E-state index contributed by atoms with van der Waals surface area (Å²) >= 11 is 0. The first kappa shape index (κ1) is 9.40. The van der Waals surface area contributed by atoms with E-state index in [1.165, 1.54) is 0 Å². The molecule has 0 radical (unpaired) electrons. The quantitative estimate of drug-likeness (QED) is 0.574. The molecule has 2 nitrogen and oxygen atoms in total. The van der Waals surface area contributed by atoms with Crippen molar-refractivity contribution in [3.05, 3.63) is 23.3 Å². The zero-order chi connectivity index (χ0) is 7.98. The van der Waals surface area contributed by atoms with Gasteiger partial charge in [-0.3, -0.25) is 0 Å². The molecular formula is C8H14O2. The number of allylic oxidation sites excluding steroid dienone is 2. The fraction of sp³-hybridized carbons (Fsp3) is 0.500. The standard InChI is InChI=1S/C8H14O2/c1-7(3-5-9)8(2)4-6-10/h3-4,9-10H,5-6H2,1-2H3/b7-3+,8-4+.